The topological polar surface area (TPSA) is 58.6 Å². The number of carbonyl (C=O) groups excluding carboxylic acids is 1. The smallest absolute Gasteiger partial charge is 0.258 e. The van der Waals surface area contributed by atoms with Crippen LogP contribution in [0.3, 0.4) is 0 Å². The summed E-state index contributed by atoms with van der Waals surface area (Å²) >= 11 is 5.82. The Morgan fingerprint density at radius 3 is 3.00 bits per heavy atom. The van der Waals surface area contributed by atoms with Crippen molar-refractivity contribution >= 4 is 17.5 Å². The molecule has 0 aliphatic heterocycles. The average molecular weight is 268 g/mol. The monoisotopic (exact) mass is 267 g/mol. The van der Waals surface area contributed by atoms with Gasteiger partial charge in [0.25, 0.3) is 5.91 Å². The minimum absolute atomic E-state index is 0.159. The van der Waals surface area contributed by atoms with E-state index in [0.29, 0.717) is 16.3 Å². The zero-order valence-corrected chi connectivity index (χ0v) is 10.7. The fraction of sp³-hybridized carbons (Fsp3) is 0.308. The molecule has 2 N–H and O–H groups in total. The van der Waals surface area contributed by atoms with Crippen LogP contribution in [-0.2, 0) is 4.79 Å². The van der Waals surface area contributed by atoms with Gasteiger partial charge < -0.3 is 15.2 Å². The first-order chi connectivity index (χ1) is 8.54. The molecular formula is C13H14ClNO3. The van der Waals surface area contributed by atoms with Crippen molar-refractivity contribution in [1.29, 1.82) is 0 Å². The Morgan fingerprint density at radius 2 is 2.39 bits per heavy atom. The highest BCUT2D eigenvalue weighted by molar-refractivity contribution is 6.30. The Labute approximate surface area is 111 Å². The molecule has 0 unspecified atom stereocenters. The quantitative estimate of drug-likeness (QED) is 0.796. The van der Waals surface area contributed by atoms with Gasteiger partial charge in [-0.2, -0.15) is 0 Å². The van der Waals surface area contributed by atoms with E-state index < -0.39 is 6.10 Å². The third-order valence-electron chi connectivity index (χ3n) is 2.17. The number of aliphatic hydroxyl groups is 1. The van der Waals surface area contributed by atoms with E-state index in [1.54, 1.807) is 25.1 Å². The number of rotatable bonds is 5. The van der Waals surface area contributed by atoms with Gasteiger partial charge in [-0.25, -0.2) is 0 Å². The number of nitrogens with one attached hydrogen (secondary N) is 1. The second kappa shape index (κ2) is 6.90. The van der Waals surface area contributed by atoms with Crippen molar-refractivity contribution < 1.29 is 14.6 Å². The van der Waals surface area contributed by atoms with Gasteiger partial charge in [0.15, 0.2) is 6.61 Å². The molecule has 5 heteroatoms. The van der Waals surface area contributed by atoms with Gasteiger partial charge in [-0.1, -0.05) is 17.5 Å². The number of hydrogen-bond acceptors (Lipinski definition) is 3. The van der Waals surface area contributed by atoms with Gasteiger partial charge in [0.05, 0.1) is 12.6 Å². The average Bonchev–Trinajstić information content (AvgIpc) is 2.34. The van der Waals surface area contributed by atoms with Crippen molar-refractivity contribution in [2.45, 2.75) is 13.0 Å². The first-order valence-corrected chi connectivity index (χ1v) is 5.73. The molecule has 1 aromatic carbocycles. The molecule has 1 amide bonds. The molecule has 0 saturated carbocycles. The number of aliphatic hydroxyl groups excluding tert-OH is 1. The number of ether oxygens (including phenoxy) is 1. The van der Waals surface area contributed by atoms with Crippen LogP contribution < -0.4 is 10.1 Å². The lowest BCUT2D eigenvalue weighted by molar-refractivity contribution is -0.122. The van der Waals surface area contributed by atoms with Gasteiger partial charge >= 0.3 is 0 Å². The van der Waals surface area contributed by atoms with Crippen molar-refractivity contribution in [3.63, 3.8) is 0 Å². The van der Waals surface area contributed by atoms with E-state index >= 15 is 0 Å². The third-order valence-corrected chi connectivity index (χ3v) is 2.40. The van der Waals surface area contributed by atoms with E-state index in [9.17, 15) is 9.90 Å². The molecule has 0 spiro atoms. The SMILES string of the molecule is C#CCNC(=O)COc1ccc(Cl)cc1[C@@H](C)O. The Kier molecular flexibility index (Phi) is 5.50. The molecule has 0 aliphatic carbocycles. The second-order valence-electron chi connectivity index (χ2n) is 3.63. The zero-order valence-electron chi connectivity index (χ0n) is 9.94. The van der Waals surface area contributed by atoms with Crippen molar-refractivity contribution in [2.24, 2.45) is 0 Å². The molecule has 0 saturated heterocycles. The molecule has 1 aromatic rings. The molecule has 0 aromatic heterocycles. The number of hydrogen-bond donors (Lipinski definition) is 2. The highest BCUT2D eigenvalue weighted by Gasteiger charge is 2.11. The van der Waals surface area contributed by atoms with Crippen LogP contribution in [0.2, 0.25) is 5.02 Å². The Hall–Kier alpha value is -1.70. The lowest BCUT2D eigenvalue weighted by Crippen LogP contribution is -2.29. The summed E-state index contributed by atoms with van der Waals surface area (Å²) in [4.78, 5) is 11.3. The number of terminal acetylenes is 1. The standard InChI is InChI=1S/C13H14ClNO3/c1-3-6-15-13(17)8-18-12-5-4-10(14)7-11(12)9(2)16/h1,4-5,7,9,16H,6,8H2,2H3,(H,15,17)/t9-/m1/s1. The van der Waals surface area contributed by atoms with Crippen molar-refractivity contribution in [1.82, 2.24) is 5.32 Å². The molecular weight excluding hydrogens is 254 g/mol. The molecule has 0 fully saturated rings. The number of halogens is 1. The predicted molar refractivity (Wildman–Crippen MR) is 69.4 cm³/mol. The summed E-state index contributed by atoms with van der Waals surface area (Å²) in [5.74, 6) is 2.39. The van der Waals surface area contributed by atoms with Crippen LogP contribution in [-0.4, -0.2) is 24.2 Å². The molecule has 18 heavy (non-hydrogen) atoms. The van der Waals surface area contributed by atoms with Crippen LogP contribution >= 0.6 is 11.6 Å². The number of amides is 1. The summed E-state index contributed by atoms with van der Waals surface area (Å²) in [7, 11) is 0. The lowest BCUT2D eigenvalue weighted by atomic mass is 10.1. The third kappa shape index (κ3) is 4.28. The fourth-order valence-corrected chi connectivity index (χ4v) is 1.50. The van der Waals surface area contributed by atoms with Crippen LogP contribution in [0, 0.1) is 12.3 Å². The van der Waals surface area contributed by atoms with E-state index in [4.69, 9.17) is 22.8 Å². The maximum atomic E-state index is 11.3. The van der Waals surface area contributed by atoms with Gasteiger partial charge in [0.2, 0.25) is 0 Å². The van der Waals surface area contributed by atoms with E-state index in [0.717, 1.165) is 0 Å². The maximum Gasteiger partial charge on any atom is 0.258 e. The molecule has 96 valence electrons. The fourth-order valence-electron chi connectivity index (χ4n) is 1.32. The first kappa shape index (κ1) is 14.4. The molecule has 4 nitrogen and oxygen atoms in total. The van der Waals surface area contributed by atoms with Gasteiger partial charge in [-0.15, -0.1) is 6.42 Å². The van der Waals surface area contributed by atoms with Crippen LogP contribution in [0.5, 0.6) is 5.75 Å². The second-order valence-corrected chi connectivity index (χ2v) is 4.06. The summed E-state index contributed by atoms with van der Waals surface area (Å²) in [5, 5.41) is 12.5. The summed E-state index contributed by atoms with van der Waals surface area (Å²) in [6, 6.07) is 4.84. The van der Waals surface area contributed by atoms with Gasteiger partial charge in [-0.05, 0) is 25.1 Å². The van der Waals surface area contributed by atoms with Crippen LogP contribution in [0.25, 0.3) is 0 Å². The van der Waals surface area contributed by atoms with Gasteiger partial charge in [0.1, 0.15) is 5.75 Å². The van der Waals surface area contributed by atoms with E-state index in [-0.39, 0.29) is 19.1 Å². The minimum atomic E-state index is -0.729. The lowest BCUT2D eigenvalue weighted by Gasteiger charge is -2.13. The van der Waals surface area contributed by atoms with Crippen LogP contribution in [0.1, 0.15) is 18.6 Å². The molecule has 1 atom stereocenters. The van der Waals surface area contributed by atoms with Gasteiger partial charge in [0, 0.05) is 10.6 Å². The normalized spacial score (nSPS) is 11.4. The zero-order chi connectivity index (χ0) is 13.5. The predicted octanol–water partition coefficient (Wildman–Crippen LogP) is 1.52. The molecule has 0 aliphatic rings. The molecule has 0 bridgehead atoms. The van der Waals surface area contributed by atoms with E-state index in [1.165, 1.54) is 0 Å². The summed E-state index contributed by atoms with van der Waals surface area (Å²) < 4.78 is 5.31. The Bertz CT molecular complexity index is 466. The highest BCUT2D eigenvalue weighted by atomic mass is 35.5. The van der Waals surface area contributed by atoms with E-state index in [1.807, 2.05) is 0 Å². The summed E-state index contributed by atoms with van der Waals surface area (Å²) in [5.41, 5.74) is 0.534. The van der Waals surface area contributed by atoms with Crippen molar-refractivity contribution in [3.05, 3.63) is 28.8 Å². The Morgan fingerprint density at radius 1 is 1.67 bits per heavy atom. The van der Waals surface area contributed by atoms with Gasteiger partial charge in [-0.3, -0.25) is 4.79 Å². The minimum Gasteiger partial charge on any atom is -0.483 e. The molecule has 0 radical (unpaired) electrons. The Balaban J connectivity index is 2.67. The molecule has 1 rings (SSSR count). The first-order valence-electron chi connectivity index (χ1n) is 5.35. The highest BCUT2D eigenvalue weighted by Crippen LogP contribution is 2.28. The largest absolute Gasteiger partial charge is 0.483 e. The summed E-state index contributed by atoms with van der Waals surface area (Å²) in [6.45, 7) is 1.59. The molecule has 0 heterocycles. The maximum absolute atomic E-state index is 11.3. The van der Waals surface area contributed by atoms with Crippen LogP contribution in [0.15, 0.2) is 18.2 Å². The van der Waals surface area contributed by atoms with Crippen LogP contribution in [0.4, 0.5) is 0 Å². The summed E-state index contributed by atoms with van der Waals surface area (Å²) in [6.07, 6.45) is 4.28. The number of benzene rings is 1. The van der Waals surface area contributed by atoms with Crippen molar-refractivity contribution in [2.75, 3.05) is 13.2 Å². The van der Waals surface area contributed by atoms with Crippen molar-refractivity contribution in [3.8, 4) is 18.1 Å². The number of carbonyl (C=O) groups is 1. The van der Waals surface area contributed by atoms with E-state index in [2.05, 4.69) is 11.2 Å².